The summed E-state index contributed by atoms with van der Waals surface area (Å²) in [5.41, 5.74) is 3.64. The minimum absolute atomic E-state index is 0.0447. The second kappa shape index (κ2) is 5.66. The van der Waals surface area contributed by atoms with Crippen molar-refractivity contribution in [3.05, 3.63) is 59.3 Å². The van der Waals surface area contributed by atoms with Crippen LogP contribution in [0.3, 0.4) is 0 Å². The van der Waals surface area contributed by atoms with E-state index in [2.05, 4.69) is 27.2 Å². The maximum atomic E-state index is 6.20. The average Bonchev–Trinajstić information content (AvgIpc) is 2.51. The van der Waals surface area contributed by atoms with E-state index < -0.39 is 0 Å². The first-order valence-electron chi connectivity index (χ1n) is 6.74. The molecule has 4 nitrogen and oxygen atoms in total. The Labute approximate surface area is 128 Å². The van der Waals surface area contributed by atoms with Crippen LogP contribution in [0, 0.1) is 6.92 Å². The van der Waals surface area contributed by atoms with Crippen molar-refractivity contribution in [1.82, 2.24) is 15.0 Å². The van der Waals surface area contributed by atoms with E-state index in [1.807, 2.05) is 31.2 Å². The van der Waals surface area contributed by atoms with Crippen molar-refractivity contribution in [2.24, 2.45) is 0 Å². The van der Waals surface area contributed by atoms with Gasteiger partial charge in [0.15, 0.2) is 0 Å². The molecule has 0 aliphatic rings. The van der Waals surface area contributed by atoms with Gasteiger partial charge < -0.3 is 5.32 Å². The Morgan fingerprint density at radius 1 is 1.05 bits per heavy atom. The monoisotopic (exact) mass is 298 g/mol. The number of nitrogens with zero attached hydrogens (tertiary/aromatic N) is 3. The average molecular weight is 299 g/mol. The van der Waals surface area contributed by atoms with Gasteiger partial charge in [-0.3, -0.25) is 15.0 Å². The van der Waals surface area contributed by atoms with Crippen molar-refractivity contribution in [3.8, 4) is 0 Å². The Bertz CT molecular complexity index is 788. The van der Waals surface area contributed by atoms with Gasteiger partial charge >= 0.3 is 0 Å². The second-order valence-corrected chi connectivity index (χ2v) is 5.29. The Balaban J connectivity index is 1.99. The highest BCUT2D eigenvalue weighted by atomic mass is 35.5. The molecule has 3 aromatic rings. The fraction of sp³-hybridized carbons (Fsp3) is 0.188. The molecule has 0 radical (unpaired) electrons. The fourth-order valence-corrected chi connectivity index (χ4v) is 2.62. The van der Waals surface area contributed by atoms with Crippen molar-refractivity contribution < 1.29 is 0 Å². The summed E-state index contributed by atoms with van der Waals surface area (Å²) in [5, 5.41) is 5.12. The van der Waals surface area contributed by atoms with E-state index in [1.165, 1.54) is 0 Å². The van der Waals surface area contributed by atoms with Gasteiger partial charge in [-0.05, 0) is 38.1 Å². The maximum Gasteiger partial charge on any atom is 0.0908 e. The zero-order chi connectivity index (χ0) is 14.8. The second-order valence-electron chi connectivity index (χ2n) is 4.89. The molecule has 106 valence electrons. The third-order valence-corrected chi connectivity index (χ3v) is 3.73. The molecule has 0 amide bonds. The van der Waals surface area contributed by atoms with Gasteiger partial charge in [0.25, 0.3) is 0 Å². The number of halogens is 1. The molecule has 0 aliphatic heterocycles. The fourth-order valence-electron chi connectivity index (χ4n) is 2.41. The first kappa shape index (κ1) is 13.8. The number of aromatic nitrogens is 3. The quantitative estimate of drug-likeness (QED) is 0.789. The highest BCUT2D eigenvalue weighted by molar-refractivity contribution is 6.35. The number of rotatable bonds is 3. The minimum Gasteiger partial charge on any atom is -0.376 e. The third kappa shape index (κ3) is 2.67. The number of aryl methyl sites for hydroxylation is 1. The lowest BCUT2D eigenvalue weighted by Crippen LogP contribution is -2.11. The summed E-state index contributed by atoms with van der Waals surface area (Å²) in [6, 6.07) is 7.78. The molecule has 2 aromatic heterocycles. The number of nitrogens with one attached hydrogen (secondary N) is 1. The van der Waals surface area contributed by atoms with Crippen LogP contribution >= 0.6 is 11.6 Å². The number of benzene rings is 1. The Morgan fingerprint density at radius 2 is 1.86 bits per heavy atom. The largest absolute Gasteiger partial charge is 0.376 e. The third-order valence-electron chi connectivity index (χ3n) is 3.42. The van der Waals surface area contributed by atoms with E-state index in [-0.39, 0.29) is 6.04 Å². The summed E-state index contributed by atoms with van der Waals surface area (Å²) < 4.78 is 0. The number of hydrogen-bond donors (Lipinski definition) is 1. The molecule has 0 saturated carbocycles. The summed E-state index contributed by atoms with van der Waals surface area (Å²) in [6.45, 7) is 4.02. The van der Waals surface area contributed by atoms with Gasteiger partial charge in [-0.2, -0.15) is 0 Å². The van der Waals surface area contributed by atoms with Crippen LogP contribution in [-0.4, -0.2) is 15.0 Å². The zero-order valence-corrected chi connectivity index (χ0v) is 12.6. The van der Waals surface area contributed by atoms with Crippen molar-refractivity contribution in [1.29, 1.82) is 0 Å². The van der Waals surface area contributed by atoms with Gasteiger partial charge in [0.05, 0.1) is 28.0 Å². The van der Waals surface area contributed by atoms with Crippen LogP contribution in [0.2, 0.25) is 5.02 Å². The highest BCUT2D eigenvalue weighted by Crippen LogP contribution is 2.30. The van der Waals surface area contributed by atoms with Crippen LogP contribution in [0.5, 0.6) is 0 Å². The van der Waals surface area contributed by atoms with E-state index in [4.69, 9.17) is 11.6 Å². The number of hydrogen-bond acceptors (Lipinski definition) is 4. The Morgan fingerprint density at radius 3 is 2.67 bits per heavy atom. The maximum absolute atomic E-state index is 6.20. The van der Waals surface area contributed by atoms with Crippen LogP contribution < -0.4 is 5.32 Å². The van der Waals surface area contributed by atoms with Crippen molar-refractivity contribution in [2.45, 2.75) is 19.9 Å². The van der Waals surface area contributed by atoms with Gasteiger partial charge in [-0.1, -0.05) is 11.6 Å². The van der Waals surface area contributed by atoms with Gasteiger partial charge in [0.2, 0.25) is 0 Å². The van der Waals surface area contributed by atoms with Crippen molar-refractivity contribution >= 4 is 28.2 Å². The van der Waals surface area contributed by atoms with Crippen LogP contribution in [0.15, 0.2) is 42.9 Å². The lowest BCUT2D eigenvalue weighted by molar-refractivity contribution is 0.811. The van der Waals surface area contributed by atoms with Crippen LogP contribution in [0.25, 0.3) is 10.9 Å². The molecule has 1 unspecified atom stereocenters. The normalized spacial score (nSPS) is 12.3. The van der Waals surface area contributed by atoms with Crippen LogP contribution in [-0.2, 0) is 0 Å². The molecular weight excluding hydrogens is 284 g/mol. The molecule has 1 N–H and O–H groups in total. The Hall–Kier alpha value is -2.20. The molecule has 0 fully saturated rings. The number of pyridine rings is 1. The zero-order valence-electron chi connectivity index (χ0n) is 11.8. The highest BCUT2D eigenvalue weighted by Gasteiger charge is 2.12. The lowest BCUT2D eigenvalue weighted by Gasteiger charge is -2.17. The summed E-state index contributed by atoms with van der Waals surface area (Å²) in [4.78, 5) is 13.0. The van der Waals surface area contributed by atoms with Crippen LogP contribution in [0.1, 0.15) is 24.4 Å². The van der Waals surface area contributed by atoms with Gasteiger partial charge in [0, 0.05) is 29.7 Å². The van der Waals surface area contributed by atoms with E-state index >= 15 is 0 Å². The predicted molar refractivity (Wildman–Crippen MR) is 85.6 cm³/mol. The summed E-state index contributed by atoms with van der Waals surface area (Å²) >= 11 is 6.20. The summed E-state index contributed by atoms with van der Waals surface area (Å²) in [6.07, 6.45) is 5.16. The first-order valence-corrected chi connectivity index (χ1v) is 7.12. The van der Waals surface area contributed by atoms with E-state index in [0.717, 1.165) is 28.0 Å². The lowest BCUT2D eigenvalue weighted by atomic mass is 10.1. The summed E-state index contributed by atoms with van der Waals surface area (Å²) in [5.74, 6) is 0. The van der Waals surface area contributed by atoms with Gasteiger partial charge in [-0.15, -0.1) is 0 Å². The SMILES string of the molecule is Cc1nccnc1C(C)Nc1ccc(Cl)c2ncccc12. The Kier molecular flexibility index (Phi) is 3.71. The number of fused-ring (bicyclic) bond motifs is 1. The smallest absolute Gasteiger partial charge is 0.0908 e. The van der Waals surface area contributed by atoms with E-state index in [0.29, 0.717) is 5.02 Å². The molecule has 2 heterocycles. The minimum atomic E-state index is 0.0447. The molecule has 21 heavy (non-hydrogen) atoms. The van der Waals surface area contributed by atoms with Crippen molar-refractivity contribution in [2.75, 3.05) is 5.32 Å². The molecule has 1 atom stereocenters. The molecule has 0 saturated heterocycles. The molecule has 0 spiro atoms. The molecule has 3 rings (SSSR count). The van der Waals surface area contributed by atoms with Crippen LogP contribution in [0.4, 0.5) is 5.69 Å². The van der Waals surface area contributed by atoms with Crippen molar-refractivity contribution in [3.63, 3.8) is 0 Å². The summed E-state index contributed by atoms with van der Waals surface area (Å²) in [7, 11) is 0. The van der Waals surface area contributed by atoms with E-state index in [1.54, 1.807) is 18.6 Å². The standard InChI is InChI=1S/C16H15ClN4/c1-10-15(20-9-8-18-10)11(2)21-14-6-5-13(17)16-12(14)4-3-7-19-16/h3-9,11,21H,1-2H3. The van der Waals surface area contributed by atoms with E-state index in [9.17, 15) is 0 Å². The topological polar surface area (TPSA) is 50.7 Å². The van der Waals surface area contributed by atoms with Gasteiger partial charge in [-0.25, -0.2) is 0 Å². The van der Waals surface area contributed by atoms with Gasteiger partial charge in [0.1, 0.15) is 0 Å². The predicted octanol–water partition coefficient (Wildman–Crippen LogP) is 4.16. The first-order chi connectivity index (χ1) is 10.2. The molecule has 1 aromatic carbocycles. The molecule has 0 aliphatic carbocycles. The molecule has 5 heteroatoms. The number of anilines is 1. The molecular formula is C16H15ClN4. The molecule has 0 bridgehead atoms.